The van der Waals surface area contributed by atoms with Crippen molar-refractivity contribution in [2.45, 2.75) is 45.4 Å². The summed E-state index contributed by atoms with van der Waals surface area (Å²) in [5, 5.41) is 0. The molecule has 0 aromatic rings. The Morgan fingerprint density at radius 2 is 1.88 bits per heavy atom. The minimum absolute atomic E-state index is 0.337. The van der Waals surface area contributed by atoms with Crippen LogP contribution in [0.5, 0.6) is 0 Å². The molecular weight excluding hydrogens is 196 g/mol. The monoisotopic (exact) mass is 222 g/mol. The van der Waals surface area contributed by atoms with Crippen LogP contribution in [0.1, 0.15) is 45.4 Å². The van der Waals surface area contributed by atoms with E-state index in [4.69, 9.17) is 12.2 Å². The molecule has 2 heteroatoms. The van der Waals surface area contributed by atoms with Crippen LogP contribution in [-0.2, 0) is 0 Å². The molecule has 2 nitrogen and oxygen atoms in total. The van der Waals surface area contributed by atoms with E-state index in [1.54, 1.807) is 0 Å². The summed E-state index contributed by atoms with van der Waals surface area (Å²) >= 11 is 0. The molecule has 0 saturated heterocycles. The molecule has 0 unspecified atom stereocenters. The second-order valence-corrected chi connectivity index (χ2v) is 5.13. The normalized spacial score (nSPS) is 20.4. The molecule has 0 spiro atoms. The Balaban J connectivity index is 2.59. The molecule has 0 bridgehead atoms. The van der Waals surface area contributed by atoms with E-state index in [0.29, 0.717) is 5.41 Å². The van der Waals surface area contributed by atoms with E-state index < -0.39 is 0 Å². The fourth-order valence-corrected chi connectivity index (χ4v) is 2.79. The second-order valence-electron chi connectivity index (χ2n) is 5.13. The Morgan fingerprint density at radius 3 is 2.31 bits per heavy atom. The second kappa shape index (κ2) is 6.93. The highest BCUT2D eigenvalue weighted by molar-refractivity contribution is 4.92. The fraction of sp³-hybridized carbons (Fsp3) is 0.857. The molecule has 0 radical (unpaired) electrons. The SMILES string of the molecule is C#CCN(CC)CC1(CN)CCCCCC1. The summed E-state index contributed by atoms with van der Waals surface area (Å²) in [6, 6.07) is 0. The summed E-state index contributed by atoms with van der Waals surface area (Å²) in [7, 11) is 0. The van der Waals surface area contributed by atoms with E-state index in [2.05, 4.69) is 17.7 Å². The summed E-state index contributed by atoms with van der Waals surface area (Å²) in [5.41, 5.74) is 6.37. The summed E-state index contributed by atoms with van der Waals surface area (Å²) in [6.45, 7) is 5.88. The van der Waals surface area contributed by atoms with Gasteiger partial charge < -0.3 is 5.73 Å². The zero-order valence-corrected chi connectivity index (χ0v) is 10.7. The van der Waals surface area contributed by atoms with Gasteiger partial charge in [-0.3, -0.25) is 4.90 Å². The largest absolute Gasteiger partial charge is 0.330 e. The smallest absolute Gasteiger partial charge is 0.0599 e. The lowest BCUT2D eigenvalue weighted by molar-refractivity contribution is 0.152. The third-order valence-electron chi connectivity index (χ3n) is 3.92. The lowest BCUT2D eigenvalue weighted by atomic mass is 9.80. The van der Waals surface area contributed by atoms with Crippen LogP contribution in [0.3, 0.4) is 0 Å². The third-order valence-corrected chi connectivity index (χ3v) is 3.92. The first-order valence-corrected chi connectivity index (χ1v) is 6.62. The Labute approximate surface area is 101 Å². The number of rotatable bonds is 5. The Morgan fingerprint density at radius 1 is 1.25 bits per heavy atom. The predicted octanol–water partition coefficient (Wildman–Crippen LogP) is 2.24. The van der Waals surface area contributed by atoms with Crippen LogP contribution in [0, 0.1) is 17.8 Å². The van der Waals surface area contributed by atoms with Crippen LogP contribution >= 0.6 is 0 Å². The van der Waals surface area contributed by atoms with Crippen molar-refractivity contribution in [1.29, 1.82) is 0 Å². The van der Waals surface area contributed by atoms with Gasteiger partial charge in [0.25, 0.3) is 0 Å². The molecule has 0 aromatic heterocycles. The van der Waals surface area contributed by atoms with Crippen molar-refractivity contribution < 1.29 is 0 Å². The molecule has 1 rings (SSSR count). The Bertz CT molecular complexity index is 221. The van der Waals surface area contributed by atoms with Crippen molar-refractivity contribution in [2.75, 3.05) is 26.2 Å². The van der Waals surface area contributed by atoms with Crippen molar-refractivity contribution in [1.82, 2.24) is 4.90 Å². The van der Waals surface area contributed by atoms with Gasteiger partial charge in [-0.05, 0) is 31.3 Å². The minimum atomic E-state index is 0.337. The van der Waals surface area contributed by atoms with Crippen molar-refractivity contribution in [3.8, 4) is 12.3 Å². The molecule has 16 heavy (non-hydrogen) atoms. The first-order chi connectivity index (χ1) is 7.76. The molecule has 2 N–H and O–H groups in total. The Kier molecular flexibility index (Phi) is 5.87. The molecule has 0 amide bonds. The first-order valence-electron chi connectivity index (χ1n) is 6.62. The van der Waals surface area contributed by atoms with E-state index in [-0.39, 0.29) is 0 Å². The van der Waals surface area contributed by atoms with E-state index >= 15 is 0 Å². The lowest BCUT2D eigenvalue weighted by Gasteiger charge is -2.36. The summed E-state index contributed by atoms with van der Waals surface area (Å²) in [4.78, 5) is 2.36. The zero-order chi connectivity index (χ0) is 11.9. The van der Waals surface area contributed by atoms with Gasteiger partial charge in [0.05, 0.1) is 6.54 Å². The van der Waals surface area contributed by atoms with Crippen molar-refractivity contribution in [2.24, 2.45) is 11.1 Å². The van der Waals surface area contributed by atoms with Gasteiger partial charge in [0.15, 0.2) is 0 Å². The maximum Gasteiger partial charge on any atom is 0.0599 e. The van der Waals surface area contributed by atoms with Crippen LogP contribution < -0.4 is 5.73 Å². The Hall–Kier alpha value is -0.520. The van der Waals surface area contributed by atoms with Crippen LogP contribution in [0.4, 0.5) is 0 Å². The molecule has 1 fully saturated rings. The average Bonchev–Trinajstić information content (AvgIpc) is 2.55. The number of hydrogen-bond donors (Lipinski definition) is 1. The molecule has 92 valence electrons. The van der Waals surface area contributed by atoms with Crippen LogP contribution in [0.2, 0.25) is 0 Å². The van der Waals surface area contributed by atoms with Gasteiger partial charge in [0.2, 0.25) is 0 Å². The maximum absolute atomic E-state index is 6.03. The molecule has 0 heterocycles. The van der Waals surface area contributed by atoms with Gasteiger partial charge in [-0.25, -0.2) is 0 Å². The highest BCUT2D eigenvalue weighted by Gasteiger charge is 2.30. The van der Waals surface area contributed by atoms with E-state index in [1.807, 2.05) is 0 Å². The lowest BCUT2D eigenvalue weighted by Crippen LogP contribution is -2.42. The number of nitrogens with two attached hydrogens (primary N) is 1. The molecule has 0 aliphatic heterocycles. The van der Waals surface area contributed by atoms with Gasteiger partial charge in [0, 0.05) is 6.54 Å². The van der Waals surface area contributed by atoms with Gasteiger partial charge in [-0.2, -0.15) is 0 Å². The molecule has 1 saturated carbocycles. The highest BCUT2D eigenvalue weighted by atomic mass is 15.1. The number of terminal acetylenes is 1. The molecular formula is C14H26N2. The zero-order valence-electron chi connectivity index (χ0n) is 10.7. The molecule has 1 aliphatic carbocycles. The standard InChI is InChI=1S/C14H26N2/c1-3-11-16(4-2)13-14(12-15)9-7-5-6-8-10-14/h1H,4-13,15H2,2H3. The molecule has 0 aromatic carbocycles. The van der Waals surface area contributed by atoms with Gasteiger partial charge in [-0.15, -0.1) is 6.42 Å². The van der Waals surface area contributed by atoms with Gasteiger partial charge >= 0.3 is 0 Å². The van der Waals surface area contributed by atoms with E-state index in [1.165, 1.54) is 38.5 Å². The van der Waals surface area contributed by atoms with Crippen LogP contribution in [0.15, 0.2) is 0 Å². The third kappa shape index (κ3) is 3.81. The molecule has 1 aliphatic rings. The average molecular weight is 222 g/mol. The van der Waals surface area contributed by atoms with Crippen LogP contribution in [0.25, 0.3) is 0 Å². The van der Waals surface area contributed by atoms with E-state index in [9.17, 15) is 0 Å². The fourth-order valence-electron chi connectivity index (χ4n) is 2.79. The minimum Gasteiger partial charge on any atom is -0.330 e. The summed E-state index contributed by atoms with van der Waals surface area (Å²) < 4.78 is 0. The quantitative estimate of drug-likeness (QED) is 0.571. The molecule has 0 atom stereocenters. The number of nitrogens with zero attached hydrogens (tertiary/aromatic N) is 1. The van der Waals surface area contributed by atoms with Crippen molar-refractivity contribution >= 4 is 0 Å². The summed E-state index contributed by atoms with van der Waals surface area (Å²) in [5.74, 6) is 2.75. The maximum atomic E-state index is 6.03. The van der Waals surface area contributed by atoms with Crippen LogP contribution in [-0.4, -0.2) is 31.1 Å². The van der Waals surface area contributed by atoms with Gasteiger partial charge in [-0.1, -0.05) is 38.5 Å². The van der Waals surface area contributed by atoms with Crippen molar-refractivity contribution in [3.63, 3.8) is 0 Å². The number of hydrogen-bond acceptors (Lipinski definition) is 2. The van der Waals surface area contributed by atoms with E-state index in [0.717, 1.165) is 26.2 Å². The first kappa shape index (κ1) is 13.5. The topological polar surface area (TPSA) is 29.3 Å². The highest BCUT2D eigenvalue weighted by Crippen LogP contribution is 2.34. The summed E-state index contributed by atoms with van der Waals surface area (Å²) in [6.07, 6.45) is 13.4. The van der Waals surface area contributed by atoms with Crippen molar-refractivity contribution in [3.05, 3.63) is 0 Å². The predicted molar refractivity (Wildman–Crippen MR) is 70.1 cm³/mol. The van der Waals surface area contributed by atoms with Gasteiger partial charge in [0.1, 0.15) is 0 Å².